The first-order valence-electron chi connectivity index (χ1n) is 11.3. The van der Waals surface area contributed by atoms with Crippen LogP contribution in [0.25, 0.3) is 0 Å². The first kappa shape index (κ1) is 27.3. The zero-order chi connectivity index (χ0) is 27.8. The number of hydrogen-bond donors (Lipinski definition) is 2. The van der Waals surface area contributed by atoms with E-state index in [1.165, 1.54) is 0 Å². The number of nitrogens with one attached hydrogen (secondary N) is 1. The lowest BCUT2D eigenvalue weighted by Crippen LogP contribution is -2.41. The standard InChI is InChI=1S/C21H22F6N8O3/c22-20(23,24)11-8-30-19(31-9-11)34-4-2-12-13(34)1-3-33(12)15(36)10-38-6-5-35-14(7-28)16(18(29)37)17(32-35)21(25,26)27/h7-9,12-13,28H,1-6,10H2,(H2,29,37)/t12?,13-/m1/s1. The third-order valence-electron chi connectivity index (χ3n) is 6.44. The molecule has 2 fully saturated rings. The third-order valence-corrected chi connectivity index (χ3v) is 6.44. The van der Waals surface area contributed by atoms with Crippen molar-refractivity contribution in [1.29, 1.82) is 5.41 Å². The Balaban J connectivity index is 1.33. The molecule has 1 unspecified atom stereocenters. The highest BCUT2D eigenvalue weighted by atomic mass is 19.4. The quantitative estimate of drug-likeness (QED) is 0.290. The summed E-state index contributed by atoms with van der Waals surface area (Å²) >= 11 is 0. The van der Waals surface area contributed by atoms with Crippen molar-refractivity contribution in [2.75, 3.05) is 31.2 Å². The Kier molecular flexibility index (Phi) is 7.31. The van der Waals surface area contributed by atoms with Gasteiger partial charge in [-0.25, -0.2) is 9.97 Å². The second-order valence-corrected chi connectivity index (χ2v) is 8.65. The molecule has 0 aromatic carbocycles. The number of nitrogens with zero attached hydrogens (tertiary/aromatic N) is 6. The molecule has 0 bridgehead atoms. The summed E-state index contributed by atoms with van der Waals surface area (Å²) in [5, 5.41) is 10.7. The average Bonchev–Trinajstić information content (AvgIpc) is 3.54. The summed E-state index contributed by atoms with van der Waals surface area (Å²) in [5.41, 5.74) is 1.23. The fourth-order valence-corrected chi connectivity index (χ4v) is 4.79. The van der Waals surface area contributed by atoms with E-state index in [9.17, 15) is 35.9 Å². The molecule has 3 N–H and O–H groups in total. The van der Waals surface area contributed by atoms with Gasteiger partial charge in [-0.15, -0.1) is 0 Å². The van der Waals surface area contributed by atoms with E-state index < -0.39 is 40.8 Å². The number of alkyl halides is 6. The molecule has 0 saturated carbocycles. The number of halogens is 6. The van der Waals surface area contributed by atoms with E-state index in [-0.39, 0.29) is 43.7 Å². The van der Waals surface area contributed by atoms with Crippen molar-refractivity contribution in [3.05, 3.63) is 34.9 Å². The minimum absolute atomic E-state index is 0.144. The highest BCUT2D eigenvalue weighted by molar-refractivity contribution is 6.01. The van der Waals surface area contributed by atoms with E-state index >= 15 is 0 Å². The number of rotatable bonds is 8. The summed E-state index contributed by atoms with van der Waals surface area (Å²) < 4.78 is 84.1. The molecule has 17 heteroatoms. The maximum absolute atomic E-state index is 13.2. The van der Waals surface area contributed by atoms with Gasteiger partial charge >= 0.3 is 12.4 Å². The highest BCUT2D eigenvalue weighted by Gasteiger charge is 2.45. The lowest BCUT2D eigenvalue weighted by molar-refractivity contribution is -0.142. The predicted octanol–water partition coefficient (Wildman–Crippen LogP) is 1.70. The van der Waals surface area contributed by atoms with Crippen LogP contribution in [0.1, 0.15) is 40.2 Å². The van der Waals surface area contributed by atoms with E-state index in [0.29, 0.717) is 32.1 Å². The molecular weight excluding hydrogens is 526 g/mol. The zero-order valence-electron chi connectivity index (χ0n) is 19.6. The normalized spacial score (nSPS) is 19.6. The monoisotopic (exact) mass is 548 g/mol. The number of carbonyl (C=O) groups excluding carboxylic acids is 2. The number of amides is 2. The van der Waals surface area contributed by atoms with Gasteiger partial charge in [-0.1, -0.05) is 0 Å². The molecule has 38 heavy (non-hydrogen) atoms. The molecule has 0 aliphatic carbocycles. The van der Waals surface area contributed by atoms with Gasteiger partial charge in [0.2, 0.25) is 11.9 Å². The number of ether oxygens (including phenoxy) is 1. The Morgan fingerprint density at radius 2 is 1.74 bits per heavy atom. The summed E-state index contributed by atoms with van der Waals surface area (Å²) in [6, 6.07) is -0.400. The second kappa shape index (κ2) is 10.2. The number of primary amides is 1. The number of anilines is 1. The van der Waals surface area contributed by atoms with Crippen LogP contribution >= 0.6 is 0 Å². The summed E-state index contributed by atoms with van der Waals surface area (Å²) in [6.07, 6.45) is -6.45. The lowest BCUT2D eigenvalue weighted by Gasteiger charge is -2.25. The first-order chi connectivity index (χ1) is 17.8. The molecule has 0 radical (unpaired) electrons. The van der Waals surface area contributed by atoms with Crippen molar-refractivity contribution >= 4 is 24.0 Å². The molecule has 4 heterocycles. The molecule has 206 valence electrons. The van der Waals surface area contributed by atoms with Crippen LogP contribution in [-0.4, -0.2) is 81.1 Å². The Hall–Kier alpha value is -3.76. The molecule has 2 aliphatic rings. The van der Waals surface area contributed by atoms with Crippen molar-refractivity contribution in [3.63, 3.8) is 0 Å². The molecule has 4 rings (SSSR count). The topological polar surface area (TPSA) is 143 Å². The lowest BCUT2D eigenvalue weighted by atomic mass is 10.1. The Morgan fingerprint density at radius 3 is 2.32 bits per heavy atom. The van der Waals surface area contributed by atoms with E-state index in [1.54, 1.807) is 9.80 Å². The first-order valence-corrected chi connectivity index (χ1v) is 11.3. The SMILES string of the molecule is N=Cc1c(C(N)=O)c(C(F)(F)F)nn1CCOCC(=O)N1CC[C@@H]2C1CCN2c1ncc(C(F)(F)F)cn1. The van der Waals surface area contributed by atoms with Gasteiger partial charge in [-0.2, -0.15) is 31.4 Å². The van der Waals surface area contributed by atoms with Crippen LogP contribution in [0.15, 0.2) is 12.4 Å². The fourth-order valence-electron chi connectivity index (χ4n) is 4.79. The van der Waals surface area contributed by atoms with E-state index in [4.69, 9.17) is 15.9 Å². The molecule has 2 aromatic heterocycles. The summed E-state index contributed by atoms with van der Waals surface area (Å²) in [4.78, 5) is 35.3. The summed E-state index contributed by atoms with van der Waals surface area (Å²) in [5.74, 6) is -1.60. The fraction of sp³-hybridized carbons (Fsp3) is 0.524. The molecule has 2 saturated heterocycles. The Morgan fingerprint density at radius 1 is 1.08 bits per heavy atom. The maximum atomic E-state index is 13.2. The van der Waals surface area contributed by atoms with Crippen LogP contribution in [0.5, 0.6) is 0 Å². The molecule has 11 nitrogen and oxygen atoms in total. The van der Waals surface area contributed by atoms with Crippen molar-refractivity contribution < 1.29 is 40.7 Å². The van der Waals surface area contributed by atoms with Crippen LogP contribution in [0.4, 0.5) is 32.3 Å². The smallest absolute Gasteiger partial charge is 0.370 e. The van der Waals surface area contributed by atoms with Crippen molar-refractivity contribution in [3.8, 4) is 0 Å². The van der Waals surface area contributed by atoms with Gasteiger partial charge in [-0.05, 0) is 12.8 Å². The van der Waals surface area contributed by atoms with E-state index in [1.807, 2.05) is 0 Å². The number of hydrogen-bond acceptors (Lipinski definition) is 8. The molecule has 0 spiro atoms. The molecule has 2 aromatic rings. The number of likely N-dealkylation sites (tertiary alicyclic amines) is 1. The number of aromatic nitrogens is 4. The van der Waals surface area contributed by atoms with Crippen LogP contribution < -0.4 is 10.6 Å². The van der Waals surface area contributed by atoms with Crippen molar-refractivity contribution in [2.24, 2.45) is 5.73 Å². The van der Waals surface area contributed by atoms with Gasteiger partial charge in [0.05, 0.1) is 42.1 Å². The van der Waals surface area contributed by atoms with Crippen LogP contribution in [0.2, 0.25) is 0 Å². The predicted molar refractivity (Wildman–Crippen MR) is 117 cm³/mol. The second-order valence-electron chi connectivity index (χ2n) is 8.65. The van der Waals surface area contributed by atoms with Gasteiger partial charge in [0.1, 0.15) is 6.61 Å². The number of fused-ring (bicyclic) bond motifs is 1. The number of carbonyl (C=O) groups is 2. The molecule has 2 amide bonds. The van der Waals surface area contributed by atoms with Crippen molar-refractivity contribution in [1.82, 2.24) is 24.6 Å². The van der Waals surface area contributed by atoms with E-state index in [2.05, 4.69) is 15.1 Å². The summed E-state index contributed by atoms with van der Waals surface area (Å²) in [7, 11) is 0. The van der Waals surface area contributed by atoms with Gasteiger partial charge < -0.3 is 25.7 Å². The molecule has 2 atom stereocenters. The van der Waals surface area contributed by atoms with Gasteiger partial charge in [0.15, 0.2) is 5.69 Å². The van der Waals surface area contributed by atoms with Crippen LogP contribution in [-0.2, 0) is 28.4 Å². The van der Waals surface area contributed by atoms with Gasteiger partial charge in [-0.3, -0.25) is 14.3 Å². The van der Waals surface area contributed by atoms with Crippen LogP contribution in [0, 0.1) is 5.41 Å². The summed E-state index contributed by atoms with van der Waals surface area (Å²) in [6.45, 7) is -0.0733. The van der Waals surface area contributed by atoms with Gasteiger partial charge in [0.25, 0.3) is 5.91 Å². The van der Waals surface area contributed by atoms with Crippen molar-refractivity contribution in [2.45, 2.75) is 43.8 Å². The number of nitrogens with two attached hydrogens (primary N) is 1. The Labute approximate surface area is 211 Å². The van der Waals surface area contributed by atoms with E-state index in [0.717, 1.165) is 17.1 Å². The minimum Gasteiger partial charge on any atom is -0.370 e. The zero-order valence-corrected chi connectivity index (χ0v) is 19.6. The molecular formula is C21H22F6N8O3. The maximum Gasteiger partial charge on any atom is 0.435 e. The minimum atomic E-state index is -4.96. The van der Waals surface area contributed by atoms with Crippen LogP contribution in [0.3, 0.4) is 0 Å². The largest absolute Gasteiger partial charge is 0.435 e. The van der Waals surface area contributed by atoms with Gasteiger partial charge in [0, 0.05) is 31.7 Å². The highest BCUT2D eigenvalue weighted by Crippen LogP contribution is 2.35. The average molecular weight is 548 g/mol. The third kappa shape index (κ3) is 5.27. The Bertz CT molecular complexity index is 1210. The molecule has 2 aliphatic heterocycles.